The highest BCUT2D eigenvalue weighted by Gasteiger charge is 2.19. The van der Waals surface area contributed by atoms with E-state index in [9.17, 15) is 5.11 Å². The largest absolute Gasteiger partial charge is 0.496 e. The molecule has 0 radical (unpaired) electrons. The van der Waals surface area contributed by atoms with Crippen LogP contribution in [-0.4, -0.2) is 31.6 Å². The number of imidazole rings is 1. The molecule has 164 valence electrons. The minimum atomic E-state index is 0.0656. The summed E-state index contributed by atoms with van der Waals surface area (Å²) in [6.45, 7) is 0. The van der Waals surface area contributed by atoms with Gasteiger partial charge in [-0.1, -0.05) is 72.3 Å². The van der Waals surface area contributed by atoms with Gasteiger partial charge in [0.25, 0.3) is 0 Å². The molecule has 0 saturated heterocycles. The molecule has 3 aromatic heterocycles. The summed E-state index contributed by atoms with van der Waals surface area (Å²) in [6, 6.07) is 21.7. The number of aromatic hydroxyl groups is 1. The molecule has 3 heterocycles. The van der Waals surface area contributed by atoms with Crippen LogP contribution in [0.2, 0.25) is 5.15 Å². The molecule has 0 unspecified atom stereocenters. The van der Waals surface area contributed by atoms with Gasteiger partial charge in [-0.2, -0.15) is 0 Å². The Balaban J connectivity index is 1.64. The molecule has 5 aromatic rings. The highest BCUT2D eigenvalue weighted by Crippen LogP contribution is 2.30. The number of benzene rings is 2. The lowest BCUT2D eigenvalue weighted by Gasteiger charge is -2.08. The fraction of sp³-hybridized carbons (Fsp3) is 0.115. The average Bonchev–Trinajstić information content (AvgIpc) is 3.17. The second-order valence-corrected chi connectivity index (χ2v) is 8.06. The topological polar surface area (TPSA) is 72.5 Å². The van der Waals surface area contributed by atoms with E-state index in [0.29, 0.717) is 35.1 Å². The molecule has 1 N–H and O–H groups in total. The molecule has 0 aliphatic carbocycles. The monoisotopic (exact) mass is 456 g/mol. The molecule has 7 heteroatoms. The Morgan fingerprint density at radius 1 is 0.939 bits per heavy atom. The van der Waals surface area contributed by atoms with Crippen LogP contribution < -0.4 is 4.74 Å². The van der Waals surface area contributed by atoms with Gasteiger partial charge in [-0.05, 0) is 5.56 Å². The standard InChI is InChI=1S/C26H21ClN4O2/c1-33-23-14-24(27)28-15-19(23)13-21-26(32)31-16-22(18-10-6-3-7-11-18)29-20(25(31)30-21)12-17-8-4-2-5-9-17/h2-11,14-16,32H,12-13H2,1H3. The number of ether oxygens (including phenoxy) is 1. The molecule has 0 aliphatic heterocycles. The van der Waals surface area contributed by atoms with Crippen LogP contribution >= 0.6 is 11.6 Å². The predicted molar refractivity (Wildman–Crippen MR) is 128 cm³/mol. The van der Waals surface area contributed by atoms with Crippen molar-refractivity contribution in [3.63, 3.8) is 0 Å². The summed E-state index contributed by atoms with van der Waals surface area (Å²) < 4.78 is 7.15. The lowest BCUT2D eigenvalue weighted by atomic mass is 10.1. The molecule has 0 bridgehead atoms. The van der Waals surface area contributed by atoms with Crippen LogP contribution in [0, 0.1) is 0 Å². The average molecular weight is 457 g/mol. The van der Waals surface area contributed by atoms with Gasteiger partial charge in [0.2, 0.25) is 5.88 Å². The van der Waals surface area contributed by atoms with Gasteiger partial charge >= 0.3 is 0 Å². The van der Waals surface area contributed by atoms with Crippen LogP contribution in [0.3, 0.4) is 0 Å². The maximum Gasteiger partial charge on any atom is 0.219 e. The first-order valence-electron chi connectivity index (χ1n) is 10.5. The van der Waals surface area contributed by atoms with E-state index in [-0.39, 0.29) is 5.88 Å². The van der Waals surface area contributed by atoms with Crippen molar-refractivity contribution >= 4 is 17.2 Å². The van der Waals surface area contributed by atoms with E-state index in [4.69, 9.17) is 26.3 Å². The lowest BCUT2D eigenvalue weighted by Crippen LogP contribution is -2.00. The smallest absolute Gasteiger partial charge is 0.219 e. The summed E-state index contributed by atoms with van der Waals surface area (Å²) in [6.07, 6.45) is 4.39. The molecular formula is C26H21ClN4O2. The molecule has 0 fully saturated rings. The van der Waals surface area contributed by atoms with Gasteiger partial charge in [-0.3, -0.25) is 4.40 Å². The Morgan fingerprint density at radius 2 is 1.67 bits per heavy atom. The second-order valence-electron chi connectivity index (χ2n) is 7.67. The molecule has 0 amide bonds. The number of pyridine rings is 1. The first kappa shape index (κ1) is 21.0. The summed E-state index contributed by atoms with van der Waals surface area (Å²) in [5, 5.41) is 11.5. The number of methoxy groups -OCH3 is 1. The van der Waals surface area contributed by atoms with E-state index in [1.54, 1.807) is 23.8 Å². The van der Waals surface area contributed by atoms with Crippen LogP contribution in [-0.2, 0) is 12.8 Å². The summed E-state index contributed by atoms with van der Waals surface area (Å²) in [7, 11) is 1.58. The molecule has 2 aromatic carbocycles. The third kappa shape index (κ3) is 4.25. The van der Waals surface area contributed by atoms with E-state index >= 15 is 0 Å². The first-order chi connectivity index (χ1) is 16.1. The molecule has 5 rings (SSSR count). The van der Waals surface area contributed by atoms with Gasteiger partial charge in [-0.25, -0.2) is 15.0 Å². The third-order valence-electron chi connectivity index (χ3n) is 5.49. The maximum atomic E-state index is 11.1. The van der Waals surface area contributed by atoms with Gasteiger partial charge in [0.1, 0.15) is 16.6 Å². The molecule has 33 heavy (non-hydrogen) atoms. The van der Waals surface area contributed by atoms with Gasteiger partial charge in [-0.15, -0.1) is 0 Å². The fourth-order valence-electron chi connectivity index (χ4n) is 3.86. The molecule has 0 aliphatic rings. The minimum absolute atomic E-state index is 0.0656. The van der Waals surface area contributed by atoms with Crippen molar-refractivity contribution in [3.05, 3.63) is 107 Å². The van der Waals surface area contributed by atoms with Crippen molar-refractivity contribution in [3.8, 4) is 22.9 Å². The van der Waals surface area contributed by atoms with E-state index in [0.717, 1.165) is 28.1 Å². The highest BCUT2D eigenvalue weighted by molar-refractivity contribution is 6.29. The van der Waals surface area contributed by atoms with Gasteiger partial charge in [0, 0.05) is 42.4 Å². The Bertz CT molecular complexity index is 1420. The van der Waals surface area contributed by atoms with Crippen LogP contribution in [0.25, 0.3) is 16.9 Å². The molecule has 0 saturated carbocycles. The minimum Gasteiger partial charge on any atom is -0.496 e. The quantitative estimate of drug-likeness (QED) is 0.349. The third-order valence-corrected chi connectivity index (χ3v) is 5.70. The summed E-state index contributed by atoms with van der Waals surface area (Å²) in [5.41, 5.74) is 5.54. The normalized spacial score (nSPS) is 11.1. The molecule has 0 atom stereocenters. The SMILES string of the molecule is COc1cc(Cl)ncc1Cc1nc2c(Cc3ccccc3)nc(-c3ccccc3)cn2c1O. The van der Waals surface area contributed by atoms with Crippen LogP contribution in [0.1, 0.15) is 22.5 Å². The van der Waals surface area contributed by atoms with E-state index < -0.39 is 0 Å². The number of halogens is 1. The molecular weight excluding hydrogens is 436 g/mol. The van der Waals surface area contributed by atoms with Crippen molar-refractivity contribution in [2.24, 2.45) is 0 Å². The summed E-state index contributed by atoms with van der Waals surface area (Å²) in [5.74, 6) is 0.662. The number of hydrogen-bond acceptors (Lipinski definition) is 5. The van der Waals surface area contributed by atoms with Crippen molar-refractivity contribution in [1.29, 1.82) is 0 Å². The van der Waals surface area contributed by atoms with Gasteiger partial charge in [0.05, 0.1) is 18.5 Å². The Kier molecular flexibility index (Phi) is 5.67. The van der Waals surface area contributed by atoms with Gasteiger partial charge < -0.3 is 9.84 Å². The lowest BCUT2D eigenvalue weighted by molar-refractivity contribution is 0.409. The molecule has 6 nitrogen and oxygen atoms in total. The van der Waals surface area contributed by atoms with Crippen molar-refractivity contribution in [1.82, 2.24) is 19.4 Å². The molecule has 0 spiro atoms. The maximum absolute atomic E-state index is 11.1. The Morgan fingerprint density at radius 3 is 2.39 bits per heavy atom. The number of fused-ring (bicyclic) bond motifs is 1. The van der Waals surface area contributed by atoms with Crippen LogP contribution in [0.5, 0.6) is 11.6 Å². The van der Waals surface area contributed by atoms with Crippen molar-refractivity contribution in [2.45, 2.75) is 12.8 Å². The predicted octanol–water partition coefficient (Wildman–Crippen LogP) is 5.34. The zero-order valence-corrected chi connectivity index (χ0v) is 18.7. The number of nitrogens with zero attached hydrogens (tertiary/aromatic N) is 4. The number of hydrogen-bond donors (Lipinski definition) is 1. The zero-order valence-electron chi connectivity index (χ0n) is 17.9. The second kappa shape index (κ2) is 8.92. The van der Waals surface area contributed by atoms with E-state index in [2.05, 4.69) is 17.1 Å². The fourth-order valence-corrected chi connectivity index (χ4v) is 4.01. The van der Waals surface area contributed by atoms with Gasteiger partial charge in [0.15, 0.2) is 5.65 Å². The summed E-state index contributed by atoms with van der Waals surface area (Å²) >= 11 is 6.00. The van der Waals surface area contributed by atoms with Crippen molar-refractivity contribution in [2.75, 3.05) is 7.11 Å². The van der Waals surface area contributed by atoms with Crippen LogP contribution in [0.4, 0.5) is 0 Å². The van der Waals surface area contributed by atoms with Crippen LogP contribution in [0.15, 0.2) is 79.1 Å². The first-order valence-corrected chi connectivity index (χ1v) is 10.9. The highest BCUT2D eigenvalue weighted by atomic mass is 35.5. The Hall–Kier alpha value is -3.90. The van der Waals surface area contributed by atoms with E-state index in [1.807, 2.05) is 54.7 Å². The summed E-state index contributed by atoms with van der Waals surface area (Å²) in [4.78, 5) is 13.8. The zero-order chi connectivity index (χ0) is 22.8. The number of aromatic nitrogens is 4. The Labute approximate surface area is 196 Å². The number of rotatable bonds is 6. The van der Waals surface area contributed by atoms with Crippen molar-refractivity contribution < 1.29 is 9.84 Å². The van der Waals surface area contributed by atoms with E-state index in [1.165, 1.54) is 0 Å².